The molecule has 0 N–H and O–H groups in total. The number of rotatable bonds is 6. The summed E-state index contributed by atoms with van der Waals surface area (Å²) < 4.78 is 7.75. The van der Waals surface area contributed by atoms with Gasteiger partial charge in [0.15, 0.2) is 12.3 Å². The minimum absolute atomic E-state index is 0.212. The zero-order valence-electron chi connectivity index (χ0n) is 19.3. The lowest BCUT2D eigenvalue weighted by atomic mass is 9.95. The molecule has 0 fully saturated rings. The average molecular weight is 471 g/mol. The van der Waals surface area contributed by atoms with E-state index >= 15 is 0 Å². The Bertz CT molecular complexity index is 1540. The van der Waals surface area contributed by atoms with E-state index in [9.17, 15) is 0 Å². The topological polar surface area (TPSA) is 71.3 Å². The van der Waals surface area contributed by atoms with Gasteiger partial charge in [0.25, 0.3) is 0 Å². The highest BCUT2D eigenvalue weighted by Crippen LogP contribution is 2.34. The van der Waals surface area contributed by atoms with Crippen LogP contribution in [0.15, 0.2) is 122 Å². The Balaban J connectivity index is 1.50. The van der Waals surface area contributed by atoms with Crippen molar-refractivity contribution in [2.75, 3.05) is 0 Å². The first kappa shape index (κ1) is 20.4. The maximum absolute atomic E-state index is 4.56. The van der Waals surface area contributed by atoms with Crippen LogP contribution in [-0.2, 0) is 0 Å². The van der Waals surface area contributed by atoms with Crippen molar-refractivity contribution in [1.29, 1.82) is 0 Å². The van der Waals surface area contributed by atoms with E-state index < -0.39 is 0 Å². The van der Waals surface area contributed by atoms with Gasteiger partial charge in [-0.2, -0.15) is 20.4 Å². The van der Waals surface area contributed by atoms with Crippen LogP contribution in [0.25, 0.3) is 21.5 Å². The van der Waals surface area contributed by atoms with Crippen molar-refractivity contribution in [2.45, 2.75) is 12.3 Å². The van der Waals surface area contributed by atoms with Gasteiger partial charge in [0.2, 0.25) is 0 Å². The Morgan fingerprint density at radius 3 is 1.17 bits per heavy atom. The minimum Gasteiger partial charge on any atom is -0.244 e. The van der Waals surface area contributed by atoms with Crippen molar-refractivity contribution >= 4 is 21.5 Å². The third-order valence-electron chi connectivity index (χ3n) is 6.60. The summed E-state index contributed by atoms with van der Waals surface area (Å²) in [4.78, 5) is 0. The first-order valence-corrected chi connectivity index (χ1v) is 11.8. The summed E-state index contributed by atoms with van der Waals surface area (Å²) in [6, 6.07) is 25.1. The molecule has 4 aromatic heterocycles. The maximum Gasteiger partial charge on any atom is 0.169 e. The number of aromatic nitrogens is 8. The van der Waals surface area contributed by atoms with Gasteiger partial charge in [-0.05, 0) is 57.9 Å². The summed E-state index contributed by atoms with van der Waals surface area (Å²) in [5.74, 6) is 0. The molecule has 7 aromatic rings. The molecule has 174 valence electrons. The Labute approximate surface area is 206 Å². The highest BCUT2D eigenvalue weighted by atomic mass is 15.4. The van der Waals surface area contributed by atoms with E-state index in [1.165, 1.54) is 0 Å². The van der Waals surface area contributed by atoms with Crippen molar-refractivity contribution in [3.63, 3.8) is 0 Å². The summed E-state index contributed by atoms with van der Waals surface area (Å²) >= 11 is 0. The van der Waals surface area contributed by atoms with Gasteiger partial charge in [0.1, 0.15) is 0 Å². The molecule has 0 spiro atoms. The Hall–Kier alpha value is -4.98. The summed E-state index contributed by atoms with van der Waals surface area (Å²) in [6.07, 6.45) is 14.7. The van der Waals surface area contributed by atoms with Crippen LogP contribution in [-0.4, -0.2) is 39.1 Å². The molecule has 0 bridgehead atoms. The second-order valence-electron chi connectivity index (χ2n) is 8.68. The molecule has 0 aliphatic carbocycles. The average Bonchev–Trinajstić information content (AvgIpc) is 3.73. The minimum atomic E-state index is -0.212. The SMILES string of the molecule is c1cc(C(n2cccn2)n2cccn2)c2cc3c(C(n4cccn4)n4cccn4)cccc3cc2c1. The van der Waals surface area contributed by atoms with Crippen LogP contribution in [0.2, 0.25) is 0 Å². The molecule has 0 amide bonds. The molecular weight excluding hydrogens is 448 g/mol. The van der Waals surface area contributed by atoms with Crippen LogP contribution in [0.5, 0.6) is 0 Å². The maximum atomic E-state index is 4.56. The largest absolute Gasteiger partial charge is 0.244 e. The van der Waals surface area contributed by atoms with E-state index in [1.54, 1.807) is 24.8 Å². The van der Waals surface area contributed by atoms with E-state index in [0.29, 0.717) is 0 Å². The highest BCUT2D eigenvalue weighted by molar-refractivity contribution is 6.01. The lowest BCUT2D eigenvalue weighted by Crippen LogP contribution is -2.21. The van der Waals surface area contributed by atoms with E-state index in [0.717, 1.165) is 32.7 Å². The molecule has 7 rings (SSSR count). The second-order valence-corrected chi connectivity index (χ2v) is 8.68. The number of nitrogens with zero attached hydrogens (tertiary/aromatic N) is 8. The molecule has 0 aliphatic rings. The summed E-state index contributed by atoms with van der Waals surface area (Å²) in [6.45, 7) is 0. The molecule has 4 heterocycles. The van der Waals surface area contributed by atoms with Crippen LogP contribution in [0.3, 0.4) is 0 Å². The fourth-order valence-electron chi connectivity index (χ4n) is 5.06. The van der Waals surface area contributed by atoms with Gasteiger partial charge in [-0.3, -0.25) is 0 Å². The van der Waals surface area contributed by atoms with Gasteiger partial charge < -0.3 is 0 Å². The standard InChI is InChI=1S/C28H22N8/c1-7-21-19-22-8-2-10-24(28(35-17-5-13-31-35)36-18-6-14-32-36)26(22)20-25(21)23(9-1)27(33-15-3-11-29-33)34-16-4-12-30-34/h1-20,27-28H. The zero-order chi connectivity index (χ0) is 23.9. The van der Waals surface area contributed by atoms with Gasteiger partial charge in [0.05, 0.1) is 0 Å². The zero-order valence-corrected chi connectivity index (χ0v) is 19.3. The van der Waals surface area contributed by atoms with Gasteiger partial charge in [-0.1, -0.05) is 36.4 Å². The monoisotopic (exact) mass is 470 g/mol. The summed E-state index contributed by atoms with van der Waals surface area (Å²) in [5, 5.41) is 22.9. The summed E-state index contributed by atoms with van der Waals surface area (Å²) in [7, 11) is 0. The first-order chi connectivity index (χ1) is 17.9. The lowest BCUT2D eigenvalue weighted by Gasteiger charge is -2.23. The molecule has 36 heavy (non-hydrogen) atoms. The van der Waals surface area contributed by atoms with Crippen LogP contribution >= 0.6 is 0 Å². The number of benzene rings is 3. The second kappa shape index (κ2) is 8.35. The fraction of sp³-hybridized carbons (Fsp3) is 0.0714. The molecule has 0 radical (unpaired) electrons. The number of hydrogen-bond donors (Lipinski definition) is 0. The molecule has 0 atom stereocenters. The predicted octanol–water partition coefficient (Wildman–Crippen LogP) is 4.97. The summed E-state index contributed by atoms with van der Waals surface area (Å²) in [5.41, 5.74) is 2.23. The van der Waals surface area contributed by atoms with Crippen molar-refractivity contribution in [2.24, 2.45) is 0 Å². The van der Waals surface area contributed by atoms with E-state index in [4.69, 9.17) is 0 Å². The van der Waals surface area contributed by atoms with Crippen LogP contribution in [0, 0.1) is 0 Å². The third kappa shape index (κ3) is 3.31. The predicted molar refractivity (Wildman–Crippen MR) is 137 cm³/mol. The Kier molecular flexibility index (Phi) is 4.73. The van der Waals surface area contributed by atoms with E-state index in [2.05, 4.69) is 68.9 Å². The van der Waals surface area contributed by atoms with Gasteiger partial charge in [-0.25, -0.2) is 18.7 Å². The molecule has 0 aliphatic heterocycles. The molecule has 8 nitrogen and oxygen atoms in total. The van der Waals surface area contributed by atoms with Crippen LogP contribution in [0.1, 0.15) is 23.5 Å². The van der Waals surface area contributed by atoms with E-state index in [-0.39, 0.29) is 12.3 Å². The number of hydrogen-bond acceptors (Lipinski definition) is 4. The van der Waals surface area contributed by atoms with Crippen molar-refractivity contribution in [1.82, 2.24) is 39.1 Å². The normalized spacial score (nSPS) is 11.8. The van der Waals surface area contributed by atoms with Crippen molar-refractivity contribution in [3.8, 4) is 0 Å². The van der Waals surface area contributed by atoms with Gasteiger partial charge in [0, 0.05) is 60.7 Å². The van der Waals surface area contributed by atoms with Crippen molar-refractivity contribution < 1.29 is 0 Å². The fourth-order valence-corrected chi connectivity index (χ4v) is 5.06. The molecule has 3 aromatic carbocycles. The van der Waals surface area contributed by atoms with Crippen LogP contribution < -0.4 is 0 Å². The quantitative estimate of drug-likeness (QED) is 0.322. The Morgan fingerprint density at radius 1 is 0.444 bits per heavy atom. The third-order valence-corrected chi connectivity index (χ3v) is 6.60. The Morgan fingerprint density at radius 2 is 0.833 bits per heavy atom. The van der Waals surface area contributed by atoms with Gasteiger partial charge in [-0.15, -0.1) is 0 Å². The van der Waals surface area contributed by atoms with Crippen molar-refractivity contribution in [3.05, 3.63) is 133 Å². The highest BCUT2D eigenvalue weighted by Gasteiger charge is 2.22. The molecule has 0 saturated heterocycles. The van der Waals surface area contributed by atoms with Gasteiger partial charge >= 0.3 is 0 Å². The lowest BCUT2D eigenvalue weighted by molar-refractivity contribution is 0.421. The van der Waals surface area contributed by atoms with E-state index in [1.807, 2.05) is 67.8 Å². The molecule has 0 saturated carbocycles. The molecule has 0 unspecified atom stereocenters. The first-order valence-electron chi connectivity index (χ1n) is 11.8. The number of fused-ring (bicyclic) bond motifs is 2. The molecular formula is C28H22N8. The van der Waals surface area contributed by atoms with Crippen LogP contribution in [0.4, 0.5) is 0 Å². The molecule has 8 heteroatoms. The smallest absolute Gasteiger partial charge is 0.169 e.